The molecule has 0 aliphatic rings. The van der Waals surface area contributed by atoms with Crippen LogP contribution in [0.2, 0.25) is 0 Å². The van der Waals surface area contributed by atoms with Gasteiger partial charge >= 0.3 is 11.7 Å². The second kappa shape index (κ2) is 9.39. The molecule has 3 heterocycles. The van der Waals surface area contributed by atoms with Crippen molar-refractivity contribution in [2.24, 2.45) is 0 Å². The zero-order chi connectivity index (χ0) is 26.3. The minimum Gasteiger partial charge on any atom is -0.495 e. The summed E-state index contributed by atoms with van der Waals surface area (Å²) in [6.45, 7) is 0.0100. The van der Waals surface area contributed by atoms with Gasteiger partial charge in [0, 0.05) is 28.5 Å². The fraction of sp³-hybridized carbons (Fsp3) is 0.120. The van der Waals surface area contributed by atoms with Crippen LogP contribution < -0.4 is 25.5 Å². The smallest absolute Gasteiger partial charge is 0.346 e. The van der Waals surface area contributed by atoms with Crippen LogP contribution in [-0.4, -0.2) is 39.8 Å². The Morgan fingerprint density at radius 3 is 2.70 bits per heavy atom. The molecule has 0 aliphatic heterocycles. The number of rotatable bonds is 7. The Morgan fingerprint density at radius 1 is 1.16 bits per heavy atom. The third-order valence-electron chi connectivity index (χ3n) is 5.71. The van der Waals surface area contributed by atoms with E-state index in [0.29, 0.717) is 21.4 Å². The summed E-state index contributed by atoms with van der Waals surface area (Å²) in [4.78, 5) is 44.0. The topological polar surface area (TPSA) is 133 Å². The molecule has 2 aromatic carbocycles. The molecule has 3 aromatic heterocycles. The number of fused-ring (bicyclic) bond motifs is 2. The number of halogens is 1. The quantitative estimate of drug-likeness (QED) is 0.330. The summed E-state index contributed by atoms with van der Waals surface area (Å²) in [5.74, 6) is -1.60. The number of aromatic amines is 1. The van der Waals surface area contributed by atoms with Crippen LogP contribution in [-0.2, 0) is 6.61 Å². The first kappa shape index (κ1) is 24.0. The number of hydrogen-bond acceptors (Lipinski definition) is 8. The van der Waals surface area contributed by atoms with Crippen molar-refractivity contribution in [3.05, 3.63) is 85.1 Å². The van der Waals surface area contributed by atoms with E-state index in [-0.39, 0.29) is 33.9 Å². The number of nitrogens with zero attached hydrogens (tertiary/aromatic N) is 2. The Labute approximate surface area is 211 Å². The summed E-state index contributed by atoms with van der Waals surface area (Å²) in [6, 6.07) is 9.48. The Balaban J connectivity index is 1.59. The van der Waals surface area contributed by atoms with Crippen molar-refractivity contribution >= 4 is 39.1 Å². The number of carbonyl (C=O) groups is 1. The van der Waals surface area contributed by atoms with E-state index in [4.69, 9.17) is 14.2 Å². The Hall–Kier alpha value is -4.71. The van der Waals surface area contributed by atoms with Crippen molar-refractivity contribution in [2.75, 3.05) is 14.2 Å². The van der Waals surface area contributed by atoms with Gasteiger partial charge in [0.1, 0.15) is 17.2 Å². The van der Waals surface area contributed by atoms with Gasteiger partial charge in [-0.3, -0.25) is 9.78 Å². The number of pyridine rings is 1. The lowest BCUT2D eigenvalue weighted by Crippen LogP contribution is -2.34. The first-order valence-electron chi connectivity index (χ1n) is 10.7. The molecule has 0 saturated heterocycles. The highest BCUT2D eigenvalue weighted by molar-refractivity contribution is 7.13. The highest BCUT2D eigenvalue weighted by atomic mass is 32.1. The fourth-order valence-corrected chi connectivity index (χ4v) is 4.80. The number of aromatic carboxylic acids is 1. The van der Waals surface area contributed by atoms with Gasteiger partial charge in [0.25, 0.3) is 5.56 Å². The zero-order valence-corrected chi connectivity index (χ0v) is 20.2. The Bertz CT molecular complexity index is 1810. The highest BCUT2D eigenvalue weighted by Gasteiger charge is 2.22. The van der Waals surface area contributed by atoms with Crippen LogP contribution in [0.15, 0.2) is 57.6 Å². The number of methoxy groups -OCH3 is 2. The van der Waals surface area contributed by atoms with E-state index < -0.39 is 28.7 Å². The molecular weight excluding hydrogens is 505 g/mol. The molecule has 0 fully saturated rings. The molecule has 0 spiro atoms. The summed E-state index contributed by atoms with van der Waals surface area (Å²) in [7, 11) is 2.87. The van der Waals surface area contributed by atoms with Gasteiger partial charge < -0.3 is 24.3 Å². The number of thiophene rings is 1. The molecule has 5 rings (SSSR count). The highest BCUT2D eigenvalue weighted by Crippen LogP contribution is 2.33. The van der Waals surface area contributed by atoms with Crippen molar-refractivity contribution in [2.45, 2.75) is 6.61 Å². The molecule has 10 nitrogen and oxygen atoms in total. The van der Waals surface area contributed by atoms with Crippen molar-refractivity contribution in [3.63, 3.8) is 0 Å². The second-order valence-corrected chi connectivity index (χ2v) is 8.72. The Kier molecular flexibility index (Phi) is 6.09. The van der Waals surface area contributed by atoms with E-state index in [1.807, 2.05) is 24.3 Å². The largest absolute Gasteiger partial charge is 0.495 e. The normalized spacial score (nSPS) is 11.1. The number of benzene rings is 2. The summed E-state index contributed by atoms with van der Waals surface area (Å²) in [6.07, 6.45) is 1.58. The van der Waals surface area contributed by atoms with Crippen molar-refractivity contribution in [1.82, 2.24) is 14.5 Å². The number of carboxylic acids is 1. The number of nitrogens with one attached hydrogen (secondary N) is 1. The number of carboxylic acid groups (broad SMARTS) is 1. The van der Waals surface area contributed by atoms with E-state index in [0.717, 1.165) is 28.9 Å². The fourth-order valence-electron chi connectivity index (χ4n) is 3.97. The van der Waals surface area contributed by atoms with Gasteiger partial charge in [-0.25, -0.2) is 18.5 Å². The summed E-state index contributed by atoms with van der Waals surface area (Å²) in [5.41, 5.74) is -0.893. The lowest BCUT2D eigenvalue weighted by Gasteiger charge is -2.15. The average molecular weight is 523 g/mol. The summed E-state index contributed by atoms with van der Waals surface area (Å²) >= 11 is 0.785. The number of para-hydroxylation sites is 1. The van der Waals surface area contributed by atoms with Gasteiger partial charge in [-0.1, -0.05) is 18.2 Å². The molecule has 0 amide bonds. The predicted octanol–water partition coefficient (Wildman–Crippen LogP) is 3.72. The number of H-pyrrole nitrogens is 1. The average Bonchev–Trinajstić information content (AvgIpc) is 3.32. The van der Waals surface area contributed by atoms with Gasteiger partial charge in [-0.2, -0.15) is 0 Å². The third kappa shape index (κ3) is 4.16. The maximum Gasteiger partial charge on any atom is 0.346 e. The minimum atomic E-state index is -1.34. The van der Waals surface area contributed by atoms with E-state index in [9.17, 15) is 19.5 Å². The summed E-state index contributed by atoms with van der Waals surface area (Å²) in [5, 5.41) is 11.4. The van der Waals surface area contributed by atoms with Crippen molar-refractivity contribution < 1.29 is 28.5 Å². The standard InChI is InChI=1S/C25H18FN3O7S/c1-34-14-6-12-4-3-5-13(21(12)27-9-14)10-36-19-8-17(15(26)7-18(19)35-2)29-23(30)20-16(28-25(29)33)11-37-22(20)24(31)32/h3-9,11H,10H2,1-2H3,(H,28,33)(H,31,32). The molecule has 0 radical (unpaired) electrons. The van der Waals surface area contributed by atoms with Crippen molar-refractivity contribution in [1.29, 1.82) is 0 Å². The van der Waals surface area contributed by atoms with Gasteiger partial charge in [0.05, 0.1) is 42.5 Å². The van der Waals surface area contributed by atoms with Crippen molar-refractivity contribution in [3.8, 4) is 22.9 Å². The molecule has 0 unspecified atom stereocenters. The maximum absolute atomic E-state index is 15.1. The van der Waals surface area contributed by atoms with Crippen LogP contribution in [0.5, 0.6) is 17.2 Å². The van der Waals surface area contributed by atoms with Crippen LogP contribution in [0, 0.1) is 5.82 Å². The number of aromatic nitrogens is 3. The van der Waals surface area contributed by atoms with Crippen LogP contribution >= 0.6 is 11.3 Å². The molecule has 12 heteroatoms. The van der Waals surface area contributed by atoms with Crippen LogP contribution in [0.25, 0.3) is 27.5 Å². The zero-order valence-electron chi connectivity index (χ0n) is 19.4. The third-order valence-corrected chi connectivity index (χ3v) is 6.68. The number of ether oxygens (including phenoxy) is 3. The molecule has 0 bridgehead atoms. The minimum absolute atomic E-state index is 0.0100. The van der Waals surface area contributed by atoms with Crippen LogP contribution in [0.4, 0.5) is 4.39 Å². The summed E-state index contributed by atoms with van der Waals surface area (Å²) < 4.78 is 32.0. The van der Waals surface area contributed by atoms with Crippen LogP contribution in [0.1, 0.15) is 15.2 Å². The Morgan fingerprint density at radius 2 is 1.97 bits per heavy atom. The number of hydrogen-bond donors (Lipinski definition) is 2. The molecule has 37 heavy (non-hydrogen) atoms. The van der Waals surface area contributed by atoms with E-state index >= 15 is 4.39 Å². The van der Waals surface area contributed by atoms with E-state index in [2.05, 4.69) is 9.97 Å². The predicted molar refractivity (Wildman–Crippen MR) is 134 cm³/mol. The van der Waals surface area contributed by atoms with Crippen LogP contribution in [0.3, 0.4) is 0 Å². The molecular formula is C25H18FN3O7S. The monoisotopic (exact) mass is 523 g/mol. The van der Waals surface area contributed by atoms with Gasteiger partial charge in [-0.15, -0.1) is 11.3 Å². The molecule has 5 aromatic rings. The van der Waals surface area contributed by atoms with Gasteiger partial charge in [-0.05, 0) is 6.07 Å². The lowest BCUT2D eigenvalue weighted by molar-refractivity contribution is 0.0704. The van der Waals surface area contributed by atoms with E-state index in [1.165, 1.54) is 12.5 Å². The second-order valence-electron chi connectivity index (χ2n) is 7.84. The molecule has 188 valence electrons. The van der Waals surface area contributed by atoms with Gasteiger partial charge in [0.15, 0.2) is 17.3 Å². The molecule has 2 N–H and O–H groups in total. The van der Waals surface area contributed by atoms with E-state index in [1.54, 1.807) is 13.3 Å². The maximum atomic E-state index is 15.1. The first-order chi connectivity index (χ1) is 17.8. The van der Waals surface area contributed by atoms with Gasteiger partial charge in [0.2, 0.25) is 0 Å². The molecule has 0 saturated carbocycles. The lowest BCUT2D eigenvalue weighted by atomic mass is 10.1. The SMILES string of the molecule is COc1cnc2c(COc3cc(-n4c(=O)[nH]c5csc(C(=O)O)c5c4=O)c(F)cc3OC)cccc2c1. The first-order valence-corrected chi connectivity index (χ1v) is 11.6. The molecule has 0 aliphatic carbocycles. The molecule has 0 atom stereocenters.